The fourth-order valence-electron chi connectivity index (χ4n) is 3.17. The summed E-state index contributed by atoms with van der Waals surface area (Å²) in [5.74, 6) is 1.20. The maximum Gasteiger partial charge on any atom is 0.263 e. The van der Waals surface area contributed by atoms with Crippen molar-refractivity contribution in [2.45, 2.75) is 33.1 Å². The van der Waals surface area contributed by atoms with Crippen LogP contribution in [0.2, 0.25) is 0 Å². The van der Waals surface area contributed by atoms with Gasteiger partial charge in [0.1, 0.15) is 11.4 Å². The Labute approximate surface area is 155 Å². The Morgan fingerprint density at radius 3 is 2.85 bits per heavy atom. The molecule has 1 aromatic heterocycles. The smallest absolute Gasteiger partial charge is 0.263 e. The lowest BCUT2D eigenvalue weighted by Gasteiger charge is -2.21. The molecule has 0 unspecified atom stereocenters. The Morgan fingerprint density at radius 1 is 1.23 bits per heavy atom. The van der Waals surface area contributed by atoms with Crippen LogP contribution in [0.5, 0.6) is 0 Å². The van der Waals surface area contributed by atoms with E-state index in [1.54, 1.807) is 6.20 Å². The summed E-state index contributed by atoms with van der Waals surface area (Å²) in [5, 5.41) is 3.11. The van der Waals surface area contributed by atoms with Crippen molar-refractivity contribution in [3.8, 4) is 0 Å². The number of aryl methyl sites for hydroxylation is 1. The van der Waals surface area contributed by atoms with Crippen LogP contribution in [-0.4, -0.2) is 42.6 Å². The van der Waals surface area contributed by atoms with Crippen molar-refractivity contribution < 1.29 is 4.79 Å². The molecule has 0 aliphatic carbocycles. The van der Waals surface area contributed by atoms with Gasteiger partial charge >= 0.3 is 0 Å². The first-order valence-electron chi connectivity index (χ1n) is 9.36. The monoisotopic (exact) mass is 353 g/mol. The first-order valence-corrected chi connectivity index (χ1v) is 9.36. The van der Waals surface area contributed by atoms with Crippen molar-refractivity contribution in [1.29, 1.82) is 0 Å². The number of benzene rings is 1. The third kappa shape index (κ3) is 3.79. The van der Waals surface area contributed by atoms with Crippen molar-refractivity contribution in [2.75, 3.05) is 41.8 Å². The molecule has 0 saturated carbocycles. The van der Waals surface area contributed by atoms with E-state index in [1.807, 2.05) is 35.9 Å². The standard InChI is InChI=1S/C20H27N5O/c1-4-6-8-15-9-7-10-16(13-15)25-12-11-24(3)18-17(19(25)26)14-22-20(23-18)21-5-2/h7,9-10,13-14H,4-6,8,11-12H2,1-3H3,(H,21,22,23). The van der Waals surface area contributed by atoms with E-state index < -0.39 is 0 Å². The molecule has 6 nitrogen and oxygen atoms in total. The van der Waals surface area contributed by atoms with E-state index >= 15 is 0 Å². The number of hydrogen-bond donors (Lipinski definition) is 1. The molecular formula is C20H27N5O. The maximum absolute atomic E-state index is 13.2. The number of nitrogens with one attached hydrogen (secondary N) is 1. The minimum Gasteiger partial charge on any atom is -0.357 e. The van der Waals surface area contributed by atoms with Crippen molar-refractivity contribution in [3.05, 3.63) is 41.6 Å². The number of likely N-dealkylation sites (N-methyl/N-ethyl adjacent to an activating group) is 1. The Morgan fingerprint density at radius 2 is 2.08 bits per heavy atom. The molecule has 0 atom stereocenters. The van der Waals surface area contributed by atoms with Gasteiger partial charge in [-0.05, 0) is 37.5 Å². The summed E-state index contributed by atoms with van der Waals surface area (Å²) < 4.78 is 0. The van der Waals surface area contributed by atoms with Crippen LogP contribution >= 0.6 is 0 Å². The first kappa shape index (κ1) is 18.2. The summed E-state index contributed by atoms with van der Waals surface area (Å²) in [6.45, 7) is 6.28. The van der Waals surface area contributed by atoms with E-state index in [0.29, 0.717) is 23.9 Å². The number of fused-ring (bicyclic) bond motifs is 1. The Kier molecular flexibility index (Phi) is 5.71. The van der Waals surface area contributed by atoms with Gasteiger partial charge in [0.2, 0.25) is 5.95 Å². The van der Waals surface area contributed by atoms with Gasteiger partial charge in [0.15, 0.2) is 0 Å². The molecular weight excluding hydrogens is 326 g/mol. The molecule has 1 N–H and O–H groups in total. The van der Waals surface area contributed by atoms with Crippen LogP contribution in [0.4, 0.5) is 17.5 Å². The molecule has 2 aromatic rings. The number of rotatable bonds is 6. The van der Waals surface area contributed by atoms with Gasteiger partial charge in [-0.25, -0.2) is 4.98 Å². The predicted molar refractivity (Wildman–Crippen MR) is 106 cm³/mol. The molecule has 0 fully saturated rings. The van der Waals surface area contributed by atoms with Crippen molar-refractivity contribution in [1.82, 2.24) is 9.97 Å². The summed E-state index contributed by atoms with van der Waals surface area (Å²) in [4.78, 5) is 25.9. The van der Waals surface area contributed by atoms with Crippen LogP contribution in [-0.2, 0) is 6.42 Å². The zero-order valence-electron chi connectivity index (χ0n) is 15.8. The number of nitrogens with zero attached hydrogens (tertiary/aromatic N) is 4. The molecule has 1 amide bonds. The second kappa shape index (κ2) is 8.17. The highest BCUT2D eigenvalue weighted by Crippen LogP contribution is 2.27. The van der Waals surface area contributed by atoms with Crippen molar-refractivity contribution in [3.63, 3.8) is 0 Å². The Hall–Kier alpha value is -2.63. The molecule has 1 aliphatic heterocycles. The van der Waals surface area contributed by atoms with E-state index in [2.05, 4.69) is 34.3 Å². The normalized spacial score (nSPS) is 14.2. The van der Waals surface area contributed by atoms with E-state index in [9.17, 15) is 4.79 Å². The number of anilines is 3. The highest BCUT2D eigenvalue weighted by Gasteiger charge is 2.28. The molecule has 138 valence electrons. The molecule has 2 heterocycles. The summed E-state index contributed by atoms with van der Waals surface area (Å²) in [6.07, 6.45) is 5.00. The van der Waals surface area contributed by atoms with Gasteiger partial charge in [0, 0.05) is 38.6 Å². The minimum absolute atomic E-state index is 0.0416. The molecule has 3 rings (SSSR count). The van der Waals surface area contributed by atoms with Crippen LogP contribution in [0.15, 0.2) is 30.5 Å². The second-order valence-corrected chi connectivity index (χ2v) is 6.61. The van der Waals surface area contributed by atoms with Gasteiger partial charge in [-0.1, -0.05) is 25.5 Å². The highest BCUT2D eigenvalue weighted by molar-refractivity contribution is 6.09. The number of aromatic nitrogens is 2. The van der Waals surface area contributed by atoms with Crippen LogP contribution in [0.3, 0.4) is 0 Å². The van der Waals surface area contributed by atoms with Gasteiger partial charge in [0.25, 0.3) is 5.91 Å². The summed E-state index contributed by atoms with van der Waals surface area (Å²) in [6, 6.07) is 8.31. The lowest BCUT2D eigenvalue weighted by molar-refractivity contribution is 0.0989. The first-order chi connectivity index (χ1) is 12.6. The second-order valence-electron chi connectivity index (χ2n) is 6.61. The van der Waals surface area contributed by atoms with Crippen LogP contribution in [0.25, 0.3) is 0 Å². The van der Waals surface area contributed by atoms with Gasteiger partial charge in [-0.2, -0.15) is 4.98 Å². The number of unbranched alkanes of at least 4 members (excludes halogenated alkanes) is 1. The van der Waals surface area contributed by atoms with Gasteiger partial charge < -0.3 is 15.1 Å². The van der Waals surface area contributed by atoms with E-state index in [4.69, 9.17) is 0 Å². The largest absolute Gasteiger partial charge is 0.357 e. The lowest BCUT2D eigenvalue weighted by atomic mass is 10.1. The average Bonchev–Trinajstić information content (AvgIpc) is 2.78. The van der Waals surface area contributed by atoms with Crippen LogP contribution in [0.1, 0.15) is 42.6 Å². The number of hydrogen-bond acceptors (Lipinski definition) is 5. The molecule has 26 heavy (non-hydrogen) atoms. The summed E-state index contributed by atoms with van der Waals surface area (Å²) >= 11 is 0. The fourth-order valence-corrected chi connectivity index (χ4v) is 3.17. The molecule has 0 radical (unpaired) electrons. The summed E-state index contributed by atoms with van der Waals surface area (Å²) in [7, 11) is 1.97. The van der Waals surface area contributed by atoms with E-state index in [0.717, 1.165) is 38.0 Å². The summed E-state index contributed by atoms with van der Waals surface area (Å²) in [5.41, 5.74) is 2.76. The molecule has 0 spiro atoms. The van der Waals surface area contributed by atoms with E-state index in [-0.39, 0.29) is 5.91 Å². The molecule has 0 saturated heterocycles. The third-order valence-electron chi connectivity index (χ3n) is 4.64. The minimum atomic E-state index is -0.0416. The van der Waals surface area contributed by atoms with Crippen molar-refractivity contribution >= 4 is 23.4 Å². The molecule has 1 aromatic carbocycles. The average molecular weight is 353 g/mol. The molecule has 6 heteroatoms. The third-order valence-corrected chi connectivity index (χ3v) is 4.64. The van der Waals surface area contributed by atoms with Gasteiger partial charge in [-0.3, -0.25) is 4.79 Å². The Balaban J connectivity index is 1.92. The maximum atomic E-state index is 13.2. The Bertz CT molecular complexity index is 777. The van der Waals surface area contributed by atoms with Crippen LogP contribution in [0, 0.1) is 0 Å². The number of carbonyl (C=O) groups is 1. The number of amides is 1. The van der Waals surface area contributed by atoms with Crippen LogP contribution < -0.4 is 15.1 Å². The predicted octanol–water partition coefficient (Wildman–Crippen LogP) is 3.35. The molecule has 0 bridgehead atoms. The highest BCUT2D eigenvalue weighted by atomic mass is 16.2. The number of carbonyl (C=O) groups excluding carboxylic acids is 1. The lowest BCUT2D eigenvalue weighted by Crippen LogP contribution is -2.33. The van der Waals surface area contributed by atoms with Gasteiger partial charge in [0.05, 0.1) is 0 Å². The van der Waals surface area contributed by atoms with Gasteiger partial charge in [-0.15, -0.1) is 0 Å². The zero-order valence-corrected chi connectivity index (χ0v) is 15.8. The topological polar surface area (TPSA) is 61.4 Å². The SMILES string of the molecule is CCCCc1cccc(N2CCN(C)c3nc(NCC)ncc3C2=O)c1. The fraction of sp³-hybridized carbons (Fsp3) is 0.450. The quantitative estimate of drug-likeness (QED) is 0.863. The zero-order chi connectivity index (χ0) is 18.5. The molecule has 1 aliphatic rings. The van der Waals surface area contributed by atoms with Crippen molar-refractivity contribution in [2.24, 2.45) is 0 Å². The van der Waals surface area contributed by atoms with E-state index in [1.165, 1.54) is 5.56 Å².